The van der Waals surface area contributed by atoms with E-state index in [2.05, 4.69) is 27.7 Å². The van der Waals surface area contributed by atoms with Crippen molar-refractivity contribution in [3.05, 3.63) is 53.1 Å². The summed E-state index contributed by atoms with van der Waals surface area (Å²) in [6.07, 6.45) is 4.43. The lowest BCUT2D eigenvalue weighted by Crippen LogP contribution is -2.34. The standard InChI is InChI=1S/C18H23N3O2/c1-13-10-20(2)17(19-13)16-4-3-9-21(12-16)11-14-5-7-15(8-6-14)18(22)23/h5-8,10,16H,3-4,9,11-12H2,1-2H3,(H,22,23)/t16-/m1/s1. The summed E-state index contributed by atoms with van der Waals surface area (Å²) in [6, 6.07) is 7.19. The normalized spacial score (nSPS) is 19.0. The molecule has 1 aromatic heterocycles. The first kappa shape index (κ1) is 15.7. The van der Waals surface area contributed by atoms with E-state index in [9.17, 15) is 4.79 Å². The van der Waals surface area contributed by atoms with E-state index >= 15 is 0 Å². The van der Waals surface area contributed by atoms with Gasteiger partial charge in [0.05, 0.1) is 11.3 Å². The number of rotatable bonds is 4. The molecule has 1 aliphatic heterocycles. The van der Waals surface area contributed by atoms with Gasteiger partial charge in [0.15, 0.2) is 0 Å². The molecule has 5 nitrogen and oxygen atoms in total. The average Bonchev–Trinajstić information content (AvgIpc) is 2.87. The van der Waals surface area contributed by atoms with Crippen LogP contribution in [0.3, 0.4) is 0 Å². The third-order valence-corrected chi connectivity index (χ3v) is 4.51. The highest BCUT2D eigenvalue weighted by atomic mass is 16.4. The summed E-state index contributed by atoms with van der Waals surface area (Å²) in [5, 5.41) is 8.97. The minimum atomic E-state index is -0.875. The quantitative estimate of drug-likeness (QED) is 0.943. The number of aryl methyl sites for hydroxylation is 2. The minimum Gasteiger partial charge on any atom is -0.478 e. The van der Waals surface area contributed by atoms with Crippen LogP contribution < -0.4 is 0 Å². The molecular formula is C18H23N3O2. The van der Waals surface area contributed by atoms with Gasteiger partial charge in [-0.25, -0.2) is 9.78 Å². The summed E-state index contributed by atoms with van der Waals surface area (Å²) in [7, 11) is 2.07. The fourth-order valence-corrected chi connectivity index (χ4v) is 3.43. The summed E-state index contributed by atoms with van der Waals surface area (Å²) >= 11 is 0. The first-order chi connectivity index (χ1) is 11.0. The number of hydrogen-bond donors (Lipinski definition) is 1. The van der Waals surface area contributed by atoms with E-state index in [0.717, 1.165) is 30.9 Å². The van der Waals surface area contributed by atoms with Gasteiger partial charge >= 0.3 is 5.97 Å². The van der Waals surface area contributed by atoms with E-state index < -0.39 is 5.97 Å². The summed E-state index contributed by atoms with van der Waals surface area (Å²) < 4.78 is 2.14. The van der Waals surface area contributed by atoms with Gasteiger partial charge in [0.2, 0.25) is 0 Å². The zero-order valence-corrected chi connectivity index (χ0v) is 13.7. The van der Waals surface area contributed by atoms with Crippen molar-refractivity contribution in [3.8, 4) is 0 Å². The Morgan fingerprint density at radius 2 is 2.09 bits per heavy atom. The highest BCUT2D eigenvalue weighted by Crippen LogP contribution is 2.27. The molecular weight excluding hydrogens is 290 g/mol. The van der Waals surface area contributed by atoms with Crippen LogP contribution in [0.15, 0.2) is 30.5 Å². The molecule has 5 heteroatoms. The number of piperidine rings is 1. The number of nitrogens with zero attached hydrogens (tertiary/aromatic N) is 3. The van der Waals surface area contributed by atoms with Crippen LogP contribution >= 0.6 is 0 Å². The SMILES string of the molecule is Cc1cn(C)c([C@@H]2CCCN(Cc3ccc(C(=O)O)cc3)C2)n1. The van der Waals surface area contributed by atoms with Gasteiger partial charge in [-0.05, 0) is 44.0 Å². The molecule has 0 spiro atoms. The lowest BCUT2D eigenvalue weighted by Gasteiger charge is -2.32. The molecule has 1 saturated heterocycles. The molecule has 0 aliphatic carbocycles. The summed E-state index contributed by atoms with van der Waals surface area (Å²) in [5.41, 5.74) is 2.57. The molecule has 122 valence electrons. The van der Waals surface area contributed by atoms with Crippen LogP contribution in [0.5, 0.6) is 0 Å². The van der Waals surface area contributed by atoms with E-state index in [1.54, 1.807) is 12.1 Å². The Bertz CT molecular complexity index is 691. The zero-order chi connectivity index (χ0) is 16.4. The van der Waals surface area contributed by atoms with Crippen molar-refractivity contribution in [1.82, 2.24) is 14.5 Å². The zero-order valence-electron chi connectivity index (χ0n) is 13.7. The first-order valence-electron chi connectivity index (χ1n) is 8.07. The van der Waals surface area contributed by atoms with Crippen molar-refractivity contribution in [2.75, 3.05) is 13.1 Å². The molecule has 0 saturated carbocycles. The topological polar surface area (TPSA) is 58.4 Å². The van der Waals surface area contributed by atoms with Crippen molar-refractivity contribution in [2.24, 2.45) is 7.05 Å². The van der Waals surface area contributed by atoms with Gasteiger partial charge < -0.3 is 9.67 Å². The summed E-state index contributed by atoms with van der Waals surface area (Å²) in [6.45, 7) is 4.99. The predicted octanol–water partition coefficient (Wildman–Crippen LogP) is 2.81. The number of imidazole rings is 1. The van der Waals surface area contributed by atoms with E-state index in [-0.39, 0.29) is 0 Å². The third kappa shape index (κ3) is 3.62. The number of aromatic nitrogens is 2. The van der Waals surface area contributed by atoms with Crippen LogP contribution in [0.1, 0.15) is 46.2 Å². The van der Waals surface area contributed by atoms with Gasteiger partial charge in [-0.2, -0.15) is 0 Å². The fourth-order valence-electron chi connectivity index (χ4n) is 3.43. The Hall–Kier alpha value is -2.14. The van der Waals surface area contributed by atoms with Crippen molar-refractivity contribution < 1.29 is 9.90 Å². The van der Waals surface area contributed by atoms with Crippen LogP contribution in [-0.4, -0.2) is 38.6 Å². The molecule has 1 atom stereocenters. The molecule has 1 N–H and O–H groups in total. The van der Waals surface area contributed by atoms with Crippen LogP contribution in [0.4, 0.5) is 0 Å². The Morgan fingerprint density at radius 1 is 1.35 bits per heavy atom. The van der Waals surface area contributed by atoms with Crippen molar-refractivity contribution in [3.63, 3.8) is 0 Å². The first-order valence-corrected chi connectivity index (χ1v) is 8.07. The molecule has 0 amide bonds. The van der Waals surface area contributed by atoms with E-state index in [1.165, 1.54) is 18.7 Å². The van der Waals surface area contributed by atoms with Crippen LogP contribution in [-0.2, 0) is 13.6 Å². The molecule has 23 heavy (non-hydrogen) atoms. The van der Waals surface area contributed by atoms with Gasteiger partial charge in [-0.1, -0.05) is 12.1 Å². The maximum Gasteiger partial charge on any atom is 0.335 e. The number of hydrogen-bond acceptors (Lipinski definition) is 3. The fraction of sp³-hybridized carbons (Fsp3) is 0.444. The molecule has 3 rings (SSSR count). The van der Waals surface area contributed by atoms with Gasteiger partial charge in [0.25, 0.3) is 0 Å². The maximum atomic E-state index is 10.9. The predicted molar refractivity (Wildman–Crippen MR) is 88.6 cm³/mol. The van der Waals surface area contributed by atoms with Gasteiger partial charge in [0, 0.05) is 32.3 Å². The van der Waals surface area contributed by atoms with Crippen LogP contribution in [0.2, 0.25) is 0 Å². The Labute approximate surface area is 136 Å². The second kappa shape index (κ2) is 6.54. The Balaban J connectivity index is 1.66. The summed E-state index contributed by atoms with van der Waals surface area (Å²) in [4.78, 5) is 18.0. The van der Waals surface area contributed by atoms with E-state index in [0.29, 0.717) is 11.5 Å². The summed E-state index contributed by atoms with van der Waals surface area (Å²) in [5.74, 6) is 0.772. The minimum absolute atomic E-state index is 0.341. The second-order valence-electron chi connectivity index (χ2n) is 6.43. The molecule has 1 aromatic carbocycles. The highest BCUT2D eigenvalue weighted by Gasteiger charge is 2.24. The molecule has 1 fully saturated rings. The number of aromatic carboxylic acids is 1. The maximum absolute atomic E-state index is 10.9. The largest absolute Gasteiger partial charge is 0.478 e. The Kier molecular flexibility index (Phi) is 4.48. The lowest BCUT2D eigenvalue weighted by molar-refractivity contribution is 0.0697. The number of carbonyl (C=O) groups is 1. The van der Waals surface area contributed by atoms with Gasteiger partial charge in [-0.3, -0.25) is 4.90 Å². The van der Waals surface area contributed by atoms with Crippen molar-refractivity contribution >= 4 is 5.97 Å². The van der Waals surface area contributed by atoms with Crippen molar-refractivity contribution in [1.29, 1.82) is 0 Å². The van der Waals surface area contributed by atoms with Crippen molar-refractivity contribution in [2.45, 2.75) is 32.2 Å². The lowest BCUT2D eigenvalue weighted by atomic mass is 9.96. The average molecular weight is 313 g/mol. The highest BCUT2D eigenvalue weighted by molar-refractivity contribution is 5.87. The van der Waals surface area contributed by atoms with Gasteiger partial charge in [-0.15, -0.1) is 0 Å². The number of likely N-dealkylation sites (tertiary alicyclic amines) is 1. The molecule has 0 radical (unpaired) electrons. The van der Waals surface area contributed by atoms with E-state index in [1.807, 2.05) is 19.1 Å². The monoisotopic (exact) mass is 313 g/mol. The molecule has 2 heterocycles. The molecule has 1 aliphatic rings. The second-order valence-corrected chi connectivity index (χ2v) is 6.43. The number of benzene rings is 1. The molecule has 2 aromatic rings. The van der Waals surface area contributed by atoms with E-state index in [4.69, 9.17) is 5.11 Å². The molecule has 0 unspecified atom stereocenters. The van der Waals surface area contributed by atoms with Gasteiger partial charge in [0.1, 0.15) is 5.82 Å². The molecule has 0 bridgehead atoms. The smallest absolute Gasteiger partial charge is 0.335 e. The third-order valence-electron chi connectivity index (χ3n) is 4.51. The van der Waals surface area contributed by atoms with Crippen LogP contribution in [0, 0.1) is 6.92 Å². The number of carboxylic acid groups (broad SMARTS) is 1. The number of carboxylic acids is 1. The van der Waals surface area contributed by atoms with Crippen LogP contribution in [0.25, 0.3) is 0 Å². The Morgan fingerprint density at radius 3 is 2.70 bits per heavy atom.